The maximum atomic E-state index is 12.5. The predicted molar refractivity (Wildman–Crippen MR) is 133 cm³/mol. The van der Waals surface area contributed by atoms with Crippen molar-refractivity contribution < 1.29 is 19.7 Å². The fourth-order valence-electron chi connectivity index (χ4n) is 5.71. The number of amides is 1. The molecule has 2 heterocycles. The van der Waals surface area contributed by atoms with Crippen LogP contribution in [-0.2, 0) is 11.2 Å². The molecule has 1 saturated carbocycles. The van der Waals surface area contributed by atoms with E-state index in [2.05, 4.69) is 30.0 Å². The molecule has 1 aromatic carbocycles. The van der Waals surface area contributed by atoms with E-state index in [1.165, 1.54) is 6.42 Å². The van der Waals surface area contributed by atoms with Crippen molar-refractivity contribution >= 4 is 5.91 Å². The highest BCUT2D eigenvalue weighted by Gasteiger charge is 2.48. The van der Waals surface area contributed by atoms with E-state index in [1.54, 1.807) is 0 Å². The Hall–Kier alpha value is -2.29. The summed E-state index contributed by atoms with van der Waals surface area (Å²) < 4.78 is 6.37. The fourth-order valence-corrected chi connectivity index (χ4v) is 5.71. The molecule has 1 aromatic rings. The summed E-state index contributed by atoms with van der Waals surface area (Å²) in [6, 6.07) is 6.28. The lowest BCUT2D eigenvalue weighted by Crippen LogP contribution is -2.35. The number of carbonyl (C=O) groups is 1. The Morgan fingerprint density at radius 2 is 2.09 bits per heavy atom. The van der Waals surface area contributed by atoms with Gasteiger partial charge in [-0.2, -0.15) is 0 Å². The van der Waals surface area contributed by atoms with Gasteiger partial charge in [-0.15, -0.1) is 11.8 Å². The lowest BCUT2D eigenvalue weighted by molar-refractivity contribution is -0.132. The van der Waals surface area contributed by atoms with E-state index in [-0.39, 0.29) is 29.8 Å². The van der Waals surface area contributed by atoms with Gasteiger partial charge in [0.1, 0.15) is 11.9 Å². The van der Waals surface area contributed by atoms with E-state index in [9.17, 15) is 15.0 Å². The van der Waals surface area contributed by atoms with E-state index in [0.29, 0.717) is 19.3 Å². The summed E-state index contributed by atoms with van der Waals surface area (Å²) in [5, 5.41) is 21.2. The molecule has 5 nitrogen and oxygen atoms in total. The van der Waals surface area contributed by atoms with Gasteiger partial charge in [0.05, 0.1) is 12.2 Å². The smallest absolute Gasteiger partial charge is 0.222 e. The van der Waals surface area contributed by atoms with Gasteiger partial charge in [-0.25, -0.2) is 0 Å². The van der Waals surface area contributed by atoms with Crippen LogP contribution in [0.2, 0.25) is 0 Å². The Balaban J connectivity index is 1.40. The van der Waals surface area contributed by atoms with Crippen molar-refractivity contribution in [2.24, 2.45) is 11.8 Å². The van der Waals surface area contributed by atoms with Crippen LogP contribution >= 0.6 is 0 Å². The largest absolute Gasteiger partial charge is 0.489 e. The van der Waals surface area contributed by atoms with Crippen molar-refractivity contribution in [3.8, 4) is 17.6 Å². The number of aryl methyl sites for hydroxylation is 1. The third-order valence-electron chi connectivity index (χ3n) is 7.75. The maximum absolute atomic E-state index is 12.5. The van der Waals surface area contributed by atoms with E-state index in [4.69, 9.17) is 4.74 Å². The van der Waals surface area contributed by atoms with Gasteiger partial charge < -0.3 is 19.8 Å². The second-order valence-electron chi connectivity index (χ2n) is 10.2. The van der Waals surface area contributed by atoms with E-state index < -0.39 is 12.2 Å². The Bertz CT molecular complexity index is 939. The fraction of sp³-hybridized carbons (Fsp3) is 0.621. The lowest BCUT2D eigenvalue weighted by atomic mass is 9.86. The molecule has 0 unspecified atom stereocenters. The summed E-state index contributed by atoms with van der Waals surface area (Å²) in [4.78, 5) is 14.5. The standard InChI is InChI=1S/C29H39NO4/c1-3-4-10-20(2)24(31)16-15-22-25(32)19-26-28(22)23-13-8-11-21(29(23)34-26)12-9-14-27(33)30-17-6-5-7-18-30/h8,11,13,15-16,20,22,24-26,28,31-32H,5-7,9-10,12,14,17-19H2,1-2H3/t20-,22+,24-,25-,26+,28+/m1/s1. The molecule has 4 rings (SSSR count). The molecule has 0 radical (unpaired) electrons. The first-order chi connectivity index (χ1) is 16.5. The van der Waals surface area contributed by atoms with Crippen LogP contribution in [0.5, 0.6) is 5.75 Å². The van der Waals surface area contributed by atoms with E-state index >= 15 is 0 Å². The molecule has 6 atom stereocenters. The lowest BCUT2D eigenvalue weighted by Gasteiger charge is -2.26. The number of aliphatic hydroxyl groups excluding tert-OH is 2. The molecule has 2 N–H and O–H groups in total. The number of aliphatic hydroxyl groups is 2. The van der Waals surface area contributed by atoms with Crippen LogP contribution in [0.3, 0.4) is 0 Å². The van der Waals surface area contributed by atoms with Crippen LogP contribution in [0.4, 0.5) is 0 Å². The molecule has 2 aliphatic heterocycles. The van der Waals surface area contributed by atoms with E-state index in [1.807, 2.05) is 30.9 Å². The zero-order valence-electron chi connectivity index (χ0n) is 20.6. The van der Waals surface area contributed by atoms with Crippen molar-refractivity contribution in [2.45, 2.75) is 89.4 Å². The number of ether oxygens (including phenoxy) is 1. The molecule has 0 aromatic heterocycles. The second kappa shape index (κ2) is 11.4. The first-order valence-corrected chi connectivity index (χ1v) is 13.0. The third-order valence-corrected chi connectivity index (χ3v) is 7.75. The normalized spacial score (nSPS) is 27.5. The molecule has 0 spiro atoms. The minimum Gasteiger partial charge on any atom is -0.489 e. The molecule has 2 fully saturated rings. The number of fused-ring (bicyclic) bond motifs is 3. The van der Waals surface area contributed by atoms with Crippen LogP contribution in [0.1, 0.15) is 75.8 Å². The zero-order valence-corrected chi connectivity index (χ0v) is 20.6. The number of piperidine rings is 1. The van der Waals surface area contributed by atoms with Crippen LogP contribution in [0.25, 0.3) is 0 Å². The number of rotatable bonds is 8. The minimum absolute atomic E-state index is 0.0451. The summed E-state index contributed by atoms with van der Waals surface area (Å²) >= 11 is 0. The summed E-state index contributed by atoms with van der Waals surface area (Å²) in [5.41, 5.74) is 2.30. The van der Waals surface area contributed by atoms with Gasteiger partial charge >= 0.3 is 0 Å². The SMILES string of the molecule is CC#CC[C@@H](C)[C@H](O)C=C[C@@H]1[C@H]2c3cccc(CCCC(=O)N4CCCCC4)c3O[C@H]2C[C@H]1O. The number of nitrogens with zero attached hydrogens (tertiary/aromatic N) is 1. The number of para-hydroxylation sites is 1. The molecule has 0 bridgehead atoms. The minimum atomic E-state index is -0.585. The highest BCUT2D eigenvalue weighted by molar-refractivity contribution is 5.76. The summed E-state index contributed by atoms with van der Waals surface area (Å²) in [6.45, 7) is 5.61. The van der Waals surface area contributed by atoms with Crippen molar-refractivity contribution in [3.63, 3.8) is 0 Å². The molecule has 1 aliphatic carbocycles. The van der Waals surface area contributed by atoms with Crippen molar-refractivity contribution in [2.75, 3.05) is 13.1 Å². The molecular weight excluding hydrogens is 426 g/mol. The Morgan fingerprint density at radius 1 is 1.29 bits per heavy atom. The van der Waals surface area contributed by atoms with Gasteiger partial charge in [-0.3, -0.25) is 4.79 Å². The molecule has 1 saturated heterocycles. The quantitative estimate of drug-likeness (QED) is 0.446. The van der Waals surface area contributed by atoms with E-state index in [0.717, 1.165) is 55.6 Å². The predicted octanol–water partition coefficient (Wildman–Crippen LogP) is 4.21. The van der Waals surface area contributed by atoms with Crippen LogP contribution in [0, 0.1) is 23.7 Å². The topological polar surface area (TPSA) is 70.0 Å². The molecule has 5 heteroatoms. The average Bonchev–Trinajstić information content (AvgIpc) is 3.36. The monoisotopic (exact) mass is 465 g/mol. The van der Waals surface area contributed by atoms with Gasteiger partial charge in [0.15, 0.2) is 0 Å². The molecule has 1 amide bonds. The van der Waals surface area contributed by atoms with Gasteiger partial charge in [-0.05, 0) is 50.5 Å². The van der Waals surface area contributed by atoms with Crippen LogP contribution in [-0.4, -0.2) is 52.4 Å². The van der Waals surface area contributed by atoms with Gasteiger partial charge in [0, 0.05) is 49.8 Å². The molecule has 34 heavy (non-hydrogen) atoms. The zero-order chi connectivity index (χ0) is 24.1. The maximum Gasteiger partial charge on any atom is 0.222 e. The molecular formula is C29H39NO4. The van der Waals surface area contributed by atoms with Crippen molar-refractivity contribution in [3.05, 3.63) is 41.5 Å². The average molecular weight is 466 g/mol. The Morgan fingerprint density at radius 3 is 2.85 bits per heavy atom. The number of hydrogen-bond donors (Lipinski definition) is 2. The Labute approximate surface area is 204 Å². The molecule has 3 aliphatic rings. The van der Waals surface area contributed by atoms with Gasteiger partial charge in [0.2, 0.25) is 5.91 Å². The number of carbonyl (C=O) groups excluding carboxylic acids is 1. The van der Waals surface area contributed by atoms with Gasteiger partial charge in [0.25, 0.3) is 0 Å². The van der Waals surface area contributed by atoms with Crippen molar-refractivity contribution in [1.29, 1.82) is 0 Å². The first-order valence-electron chi connectivity index (χ1n) is 13.0. The highest BCUT2D eigenvalue weighted by atomic mass is 16.5. The number of likely N-dealkylation sites (tertiary alicyclic amines) is 1. The first kappa shape index (κ1) is 24.8. The third kappa shape index (κ3) is 5.50. The van der Waals surface area contributed by atoms with Crippen LogP contribution < -0.4 is 4.74 Å². The molecule has 184 valence electrons. The second-order valence-corrected chi connectivity index (χ2v) is 10.2. The van der Waals surface area contributed by atoms with Crippen molar-refractivity contribution in [1.82, 2.24) is 4.90 Å². The Kier molecular flexibility index (Phi) is 8.34. The van der Waals surface area contributed by atoms with Crippen LogP contribution in [0.15, 0.2) is 30.4 Å². The summed E-state index contributed by atoms with van der Waals surface area (Å²) in [5.74, 6) is 7.18. The highest BCUT2D eigenvalue weighted by Crippen LogP contribution is 2.52. The number of benzene rings is 1. The summed E-state index contributed by atoms with van der Waals surface area (Å²) in [6.07, 6.45) is 9.64. The summed E-state index contributed by atoms with van der Waals surface area (Å²) in [7, 11) is 0. The number of hydrogen-bond acceptors (Lipinski definition) is 4. The van der Waals surface area contributed by atoms with Gasteiger partial charge in [-0.1, -0.05) is 37.3 Å².